The van der Waals surface area contributed by atoms with E-state index < -0.39 is 0 Å². The fourth-order valence-corrected chi connectivity index (χ4v) is 2.19. The molecule has 1 amide bonds. The molecule has 0 aliphatic heterocycles. The summed E-state index contributed by atoms with van der Waals surface area (Å²) in [6.07, 6.45) is 0. The minimum absolute atomic E-state index is 0.0549. The van der Waals surface area contributed by atoms with Crippen LogP contribution in [-0.4, -0.2) is 38.0 Å². The molecular formula is C17H19ClN2O. The number of nitrogens with zero attached hydrogens (tertiary/aromatic N) is 1. The highest BCUT2D eigenvalue weighted by Gasteiger charge is 2.07. The molecule has 0 bridgehead atoms. The summed E-state index contributed by atoms with van der Waals surface area (Å²) in [6, 6.07) is 15.2. The maximum atomic E-state index is 12.1. The van der Waals surface area contributed by atoms with Crippen LogP contribution in [0.5, 0.6) is 0 Å². The molecule has 3 nitrogen and oxygen atoms in total. The molecule has 4 heteroatoms. The van der Waals surface area contributed by atoms with Crippen LogP contribution >= 0.6 is 11.6 Å². The minimum Gasteiger partial charge on any atom is -0.351 e. The van der Waals surface area contributed by atoms with Crippen LogP contribution in [0.25, 0.3) is 11.1 Å². The number of hydrogen-bond acceptors (Lipinski definition) is 2. The van der Waals surface area contributed by atoms with Gasteiger partial charge in [0.05, 0.1) is 0 Å². The van der Waals surface area contributed by atoms with Crippen molar-refractivity contribution in [1.82, 2.24) is 10.2 Å². The quantitative estimate of drug-likeness (QED) is 0.919. The minimum atomic E-state index is -0.0549. The van der Waals surface area contributed by atoms with Crippen molar-refractivity contribution in [3.05, 3.63) is 59.1 Å². The lowest BCUT2D eigenvalue weighted by Gasteiger charge is -2.11. The lowest BCUT2D eigenvalue weighted by Crippen LogP contribution is -2.31. The van der Waals surface area contributed by atoms with Gasteiger partial charge in [0.25, 0.3) is 5.91 Å². The Kier molecular flexibility index (Phi) is 5.37. The zero-order chi connectivity index (χ0) is 15.2. The van der Waals surface area contributed by atoms with Crippen LogP contribution in [0.3, 0.4) is 0 Å². The van der Waals surface area contributed by atoms with Gasteiger partial charge in [-0.1, -0.05) is 35.9 Å². The van der Waals surface area contributed by atoms with E-state index in [0.29, 0.717) is 17.1 Å². The first-order chi connectivity index (χ1) is 10.1. The summed E-state index contributed by atoms with van der Waals surface area (Å²) in [5, 5.41) is 3.60. The molecule has 0 atom stereocenters. The van der Waals surface area contributed by atoms with E-state index in [9.17, 15) is 4.79 Å². The van der Waals surface area contributed by atoms with Crippen molar-refractivity contribution >= 4 is 17.5 Å². The molecule has 0 unspecified atom stereocenters. The van der Waals surface area contributed by atoms with Crippen molar-refractivity contribution in [3.63, 3.8) is 0 Å². The topological polar surface area (TPSA) is 32.3 Å². The first-order valence-electron chi connectivity index (χ1n) is 6.85. The van der Waals surface area contributed by atoms with Gasteiger partial charge in [-0.25, -0.2) is 0 Å². The molecule has 1 N–H and O–H groups in total. The summed E-state index contributed by atoms with van der Waals surface area (Å²) in [7, 11) is 3.96. The van der Waals surface area contributed by atoms with Crippen molar-refractivity contribution in [3.8, 4) is 11.1 Å². The van der Waals surface area contributed by atoms with Crippen LogP contribution < -0.4 is 5.32 Å². The highest BCUT2D eigenvalue weighted by Crippen LogP contribution is 2.23. The lowest BCUT2D eigenvalue weighted by atomic mass is 10.0. The van der Waals surface area contributed by atoms with E-state index >= 15 is 0 Å². The normalized spacial score (nSPS) is 10.7. The molecule has 0 spiro atoms. The Balaban J connectivity index is 2.12. The standard InChI is InChI=1S/C17H19ClN2O/c1-20(2)10-9-19-17(21)15-7-3-5-13(11-15)14-6-4-8-16(18)12-14/h3-8,11-12H,9-10H2,1-2H3,(H,19,21). The predicted octanol–water partition coefficient (Wildman–Crippen LogP) is 3.30. The summed E-state index contributed by atoms with van der Waals surface area (Å²) >= 11 is 6.01. The van der Waals surface area contributed by atoms with Crippen LogP contribution in [0.15, 0.2) is 48.5 Å². The Labute approximate surface area is 130 Å². The third-order valence-corrected chi connectivity index (χ3v) is 3.36. The molecule has 0 saturated carbocycles. The molecule has 0 aliphatic carbocycles. The van der Waals surface area contributed by atoms with Gasteiger partial charge in [0.1, 0.15) is 0 Å². The maximum absolute atomic E-state index is 12.1. The Morgan fingerprint density at radius 1 is 1.10 bits per heavy atom. The molecule has 0 radical (unpaired) electrons. The Morgan fingerprint density at radius 2 is 1.76 bits per heavy atom. The van der Waals surface area contributed by atoms with Crippen molar-refractivity contribution in [2.45, 2.75) is 0 Å². The highest BCUT2D eigenvalue weighted by atomic mass is 35.5. The van der Waals surface area contributed by atoms with Crippen molar-refractivity contribution in [2.75, 3.05) is 27.2 Å². The molecule has 2 aromatic rings. The van der Waals surface area contributed by atoms with Gasteiger partial charge in [-0.15, -0.1) is 0 Å². The van der Waals surface area contributed by atoms with Gasteiger partial charge < -0.3 is 10.2 Å². The van der Waals surface area contributed by atoms with E-state index in [2.05, 4.69) is 5.32 Å². The van der Waals surface area contributed by atoms with Gasteiger partial charge in [-0.05, 0) is 49.5 Å². The summed E-state index contributed by atoms with van der Waals surface area (Å²) < 4.78 is 0. The highest BCUT2D eigenvalue weighted by molar-refractivity contribution is 6.30. The van der Waals surface area contributed by atoms with Gasteiger partial charge in [0.2, 0.25) is 0 Å². The molecule has 0 saturated heterocycles. The largest absolute Gasteiger partial charge is 0.351 e. The van der Waals surface area contributed by atoms with Crippen LogP contribution in [-0.2, 0) is 0 Å². The summed E-state index contributed by atoms with van der Waals surface area (Å²) in [5.41, 5.74) is 2.65. The fraction of sp³-hybridized carbons (Fsp3) is 0.235. The third-order valence-electron chi connectivity index (χ3n) is 3.13. The predicted molar refractivity (Wildman–Crippen MR) is 87.8 cm³/mol. The second-order valence-electron chi connectivity index (χ2n) is 5.15. The average Bonchev–Trinajstić information content (AvgIpc) is 2.47. The molecule has 0 aromatic heterocycles. The number of hydrogen-bond donors (Lipinski definition) is 1. The number of benzene rings is 2. The first kappa shape index (κ1) is 15.5. The first-order valence-corrected chi connectivity index (χ1v) is 7.23. The number of amides is 1. The zero-order valence-electron chi connectivity index (χ0n) is 12.3. The van der Waals surface area contributed by atoms with Gasteiger partial charge in [-0.3, -0.25) is 4.79 Å². The van der Waals surface area contributed by atoms with Crippen molar-refractivity contribution in [2.24, 2.45) is 0 Å². The van der Waals surface area contributed by atoms with E-state index in [1.54, 1.807) is 0 Å². The molecule has 0 fully saturated rings. The van der Waals surface area contributed by atoms with Crippen molar-refractivity contribution in [1.29, 1.82) is 0 Å². The van der Waals surface area contributed by atoms with E-state index in [-0.39, 0.29) is 5.91 Å². The smallest absolute Gasteiger partial charge is 0.251 e. The molecule has 110 valence electrons. The fourth-order valence-electron chi connectivity index (χ4n) is 2.00. The van der Waals surface area contributed by atoms with Gasteiger partial charge in [0.15, 0.2) is 0 Å². The second-order valence-corrected chi connectivity index (χ2v) is 5.59. The molecule has 21 heavy (non-hydrogen) atoms. The van der Waals surface area contributed by atoms with Crippen LogP contribution in [0, 0.1) is 0 Å². The van der Waals surface area contributed by atoms with E-state index in [4.69, 9.17) is 11.6 Å². The van der Waals surface area contributed by atoms with Crippen molar-refractivity contribution < 1.29 is 4.79 Å². The third kappa shape index (κ3) is 4.59. The SMILES string of the molecule is CN(C)CCNC(=O)c1cccc(-c2cccc(Cl)c2)c1. The van der Waals surface area contributed by atoms with Gasteiger partial charge in [0, 0.05) is 23.7 Å². The number of rotatable bonds is 5. The molecule has 0 heterocycles. The summed E-state index contributed by atoms with van der Waals surface area (Å²) in [6.45, 7) is 1.45. The van der Waals surface area contributed by atoms with E-state index in [1.807, 2.05) is 67.5 Å². The summed E-state index contributed by atoms with van der Waals surface area (Å²) in [4.78, 5) is 14.2. The monoisotopic (exact) mass is 302 g/mol. The number of carbonyl (C=O) groups excluding carboxylic acids is 1. The van der Waals surface area contributed by atoms with Gasteiger partial charge >= 0.3 is 0 Å². The molecule has 2 aromatic carbocycles. The Hall–Kier alpha value is -1.84. The van der Waals surface area contributed by atoms with E-state index in [1.165, 1.54) is 0 Å². The second kappa shape index (κ2) is 7.25. The number of halogens is 1. The lowest BCUT2D eigenvalue weighted by molar-refractivity contribution is 0.0951. The Morgan fingerprint density at radius 3 is 2.43 bits per heavy atom. The number of likely N-dealkylation sites (N-methyl/N-ethyl adjacent to an activating group) is 1. The average molecular weight is 303 g/mol. The summed E-state index contributed by atoms with van der Waals surface area (Å²) in [5.74, 6) is -0.0549. The zero-order valence-corrected chi connectivity index (χ0v) is 13.0. The van der Waals surface area contributed by atoms with E-state index in [0.717, 1.165) is 17.7 Å². The molecular weight excluding hydrogens is 284 g/mol. The van der Waals surface area contributed by atoms with Gasteiger partial charge in [-0.2, -0.15) is 0 Å². The number of carbonyl (C=O) groups is 1. The Bertz CT molecular complexity index is 626. The van der Waals surface area contributed by atoms with Crippen LogP contribution in [0.4, 0.5) is 0 Å². The van der Waals surface area contributed by atoms with Crippen LogP contribution in [0.2, 0.25) is 5.02 Å². The maximum Gasteiger partial charge on any atom is 0.251 e. The number of nitrogens with one attached hydrogen (secondary N) is 1. The molecule has 2 rings (SSSR count). The molecule has 0 aliphatic rings. The van der Waals surface area contributed by atoms with Crippen LogP contribution in [0.1, 0.15) is 10.4 Å².